The standard InChI is InChI=1S/C30H27NO6S/c32-27(20-8-3-1-4-9-20)17-16-26-29(31(30(26)34)23-11-5-2-6-12-23)25-15-14-22(19-28(25)33)21-10-7-13-24(18-21)38(35,36)37/h1-15,18-19,26-27,29,32-33H,16-17H2,(H,35,36,37)/t26?,27-,29?/m0/s1. The Morgan fingerprint density at radius 2 is 1.47 bits per heavy atom. The molecule has 1 heterocycles. The third-order valence-corrected chi connectivity index (χ3v) is 7.85. The second-order valence-corrected chi connectivity index (χ2v) is 10.8. The number of carbonyl (C=O) groups excluding carboxylic acids is 1. The van der Waals surface area contributed by atoms with E-state index in [2.05, 4.69) is 0 Å². The summed E-state index contributed by atoms with van der Waals surface area (Å²) in [6.07, 6.45) is 0.114. The molecule has 5 rings (SSSR count). The van der Waals surface area contributed by atoms with Gasteiger partial charge in [-0.2, -0.15) is 8.42 Å². The maximum absolute atomic E-state index is 13.3. The number of β-lactam (4-membered cyclic amide) rings is 1. The summed E-state index contributed by atoms with van der Waals surface area (Å²) in [5, 5.41) is 21.8. The number of aromatic hydroxyl groups is 1. The van der Waals surface area contributed by atoms with Crippen LogP contribution in [-0.4, -0.2) is 29.1 Å². The van der Waals surface area contributed by atoms with Gasteiger partial charge in [0, 0.05) is 11.3 Å². The van der Waals surface area contributed by atoms with Gasteiger partial charge in [0.1, 0.15) is 5.75 Å². The number of amides is 1. The summed E-state index contributed by atoms with van der Waals surface area (Å²) in [5.41, 5.74) is 3.13. The first-order valence-electron chi connectivity index (χ1n) is 12.3. The van der Waals surface area contributed by atoms with Crippen LogP contribution in [0.15, 0.2) is 108 Å². The van der Waals surface area contributed by atoms with Crippen molar-refractivity contribution in [2.45, 2.75) is 29.9 Å². The van der Waals surface area contributed by atoms with Crippen molar-refractivity contribution in [2.75, 3.05) is 4.90 Å². The number of carbonyl (C=O) groups is 1. The molecule has 2 unspecified atom stereocenters. The number of phenolic OH excluding ortho intramolecular Hbond substituents is 1. The van der Waals surface area contributed by atoms with E-state index in [-0.39, 0.29) is 16.6 Å². The maximum Gasteiger partial charge on any atom is 0.294 e. The summed E-state index contributed by atoms with van der Waals surface area (Å²) in [4.78, 5) is 14.7. The van der Waals surface area contributed by atoms with Crippen LogP contribution >= 0.6 is 0 Å². The van der Waals surface area contributed by atoms with Gasteiger partial charge in [-0.25, -0.2) is 0 Å². The number of para-hydroxylation sites is 1. The van der Waals surface area contributed by atoms with Crippen molar-refractivity contribution in [1.82, 2.24) is 0 Å². The summed E-state index contributed by atoms with van der Waals surface area (Å²) < 4.78 is 32.5. The Bertz CT molecular complexity index is 1560. The monoisotopic (exact) mass is 529 g/mol. The van der Waals surface area contributed by atoms with Crippen molar-refractivity contribution < 1.29 is 28.0 Å². The normalized spacial score (nSPS) is 18.2. The van der Waals surface area contributed by atoms with Crippen molar-refractivity contribution in [1.29, 1.82) is 0 Å². The summed E-state index contributed by atoms with van der Waals surface area (Å²) in [7, 11) is -4.37. The lowest BCUT2D eigenvalue weighted by Crippen LogP contribution is -2.55. The SMILES string of the molecule is O=C1C(CC[C@H](O)c2ccccc2)C(c2ccc(-c3cccc(S(=O)(=O)O)c3)cc2O)N1c1ccccc1. The Morgan fingerprint density at radius 1 is 0.816 bits per heavy atom. The molecule has 1 aliphatic heterocycles. The van der Waals surface area contributed by atoms with Crippen molar-refractivity contribution in [3.63, 3.8) is 0 Å². The zero-order valence-corrected chi connectivity index (χ0v) is 21.2. The van der Waals surface area contributed by atoms with E-state index in [1.807, 2.05) is 60.7 Å². The summed E-state index contributed by atoms with van der Waals surface area (Å²) >= 11 is 0. The zero-order valence-electron chi connectivity index (χ0n) is 20.4. The van der Waals surface area contributed by atoms with Crippen LogP contribution in [0.1, 0.15) is 36.1 Å². The number of hydrogen-bond donors (Lipinski definition) is 3. The van der Waals surface area contributed by atoms with Gasteiger partial charge >= 0.3 is 0 Å². The fourth-order valence-electron chi connectivity index (χ4n) is 5.05. The molecule has 0 aromatic heterocycles. The maximum atomic E-state index is 13.3. The molecule has 3 N–H and O–H groups in total. The predicted octanol–water partition coefficient (Wildman–Crippen LogP) is 5.52. The van der Waals surface area contributed by atoms with Crippen molar-refractivity contribution in [2.24, 2.45) is 5.92 Å². The molecule has 4 aromatic rings. The number of anilines is 1. The molecule has 0 bridgehead atoms. The van der Waals surface area contributed by atoms with E-state index in [0.29, 0.717) is 35.2 Å². The first-order chi connectivity index (χ1) is 18.2. The van der Waals surface area contributed by atoms with Gasteiger partial charge in [0.25, 0.3) is 10.1 Å². The second kappa shape index (κ2) is 10.4. The average molecular weight is 530 g/mol. The van der Waals surface area contributed by atoms with Gasteiger partial charge in [-0.1, -0.05) is 72.8 Å². The molecule has 1 amide bonds. The zero-order chi connectivity index (χ0) is 26.9. The number of rotatable bonds is 8. The summed E-state index contributed by atoms with van der Waals surface area (Å²) in [6.45, 7) is 0. The van der Waals surface area contributed by atoms with Crippen LogP contribution in [0.3, 0.4) is 0 Å². The molecule has 4 aromatic carbocycles. The molecule has 0 aliphatic carbocycles. The van der Waals surface area contributed by atoms with Crippen molar-refractivity contribution in [3.05, 3.63) is 114 Å². The number of hydrogen-bond acceptors (Lipinski definition) is 5. The van der Waals surface area contributed by atoms with Crippen LogP contribution in [0.2, 0.25) is 0 Å². The number of nitrogens with zero attached hydrogens (tertiary/aromatic N) is 1. The molecule has 1 saturated heterocycles. The Kier molecular flexibility index (Phi) is 7.03. The van der Waals surface area contributed by atoms with Crippen LogP contribution < -0.4 is 4.90 Å². The molecule has 3 atom stereocenters. The highest BCUT2D eigenvalue weighted by atomic mass is 32.2. The fourth-order valence-corrected chi connectivity index (χ4v) is 5.58. The highest BCUT2D eigenvalue weighted by molar-refractivity contribution is 7.85. The Labute approximate surface area is 221 Å². The van der Waals surface area contributed by atoms with Gasteiger partial charge in [-0.15, -0.1) is 0 Å². The van der Waals surface area contributed by atoms with Gasteiger partial charge in [0.05, 0.1) is 23.0 Å². The molecule has 0 saturated carbocycles. The minimum absolute atomic E-state index is 0.0354. The lowest BCUT2D eigenvalue weighted by molar-refractivity contribution is -0.131. The van der Waals surface area contributed by atoms with Crippen LogP contribution in [0.5, 0.6) is 5.75 Å². The third kappa shape index (κ3) is 5.06. The molecule has 1 aliphatic rings. The predicted molar refractivity (Wildman–Crippen MR) is 144 cm³/mol. The van der Waals surface area contributed by atoms with E-state index >= 15 is 0 Å². The molecule has 38 heavy (non-hydrogen) atoms. The molecule has 0 spiro atoms. The topological polar surface area (TPSA) is 115 Å². The van der Waals surface area contributed by atoms with Gasteiger partial charge in [-0.3, -0.25) is 9.35 Å². The first kappa shape index (κ1) is 25.7. The number of benzene rings is 4. The van der Waals surface area contributed by atoms with Gasteiger partial charge in [0.15, 0.2) is 0 Å². The highest BCUT2D eigenvalue weighted by Gasteiger charge is 2.49. The van der Waals surface area contributed by atoms with Gasteiger partial charge < -0.3 is 15.1 Å². The van der Waals surface area contributed by atoms with Crippen molar-refractivity contribution in [3.8, 4) is 16.9 Å². The minimum atomic E-state index is -4.37. The van der Waals surface area contributed by atoms with Crippen LogP contribution in [0, 0.1) is 5.92 Å². The van der Waals surface area contributed by atoms with Crippen LogP contribution in [-0.2, 0) is 14.9 Å². The first-order valence-corrected chi connectivity index (χ1v) is 13.7. The molecular weight excluding hydrogens is 502 g/mol. The van der Waals surface area contributed by atoms with E-state index in [1.54, 1.807) is 23.1 Å². The smallest absolute Gasteiger partial charge is 0.294 e. The molecular formula is C30H27NO6S. The van der Waals surface area contributed by atoms with E-state index < -0.39 is 28.2 Å². The molecule has 1 fully saturated rings. The minimum Gasteiger partial charge on any atom is -0.508 e. The lowest BCUT2D eigenvalue weighted by Gasteiger charge is -2.48. The Balaban J connectivity index is 1.45. The third-order valence-electron chi connectivity index (χ3n) is 7.00. The van der Waals surface area contributed by atoms with Gasteiger partial charge in [-0.05, 0) is 59.9 Å². The van der Waals surface area contributed by atoms with E-state index in [1.165, 1.54) is 24.3 Å². The number of phenols is 1. The molecule has 194 valence electrons. The average Bonchev–Trinajstić information content (AvgIpc) is 2.92. The van der Waals surface area contributed by atoms with E-state index in [4.69, 9.17) is 0 Å². The lowest BCUT2D eigenvalue weighted by atomic mass is 9.77. The Morgan fingerprint density at radius 3 is 2.13 bits per heavy atom. The van der Waals surface area contributed by atoms with Crippen molar-refractivity contribution >= 4 is 21.7 Å². The molecule has 7 nitrogen and oxygen atoms in total. The van der Waals surface area contributed by atoms with Gasteiger partial charge in [0.2, 0.25) is 5.91 Å². The number of aliphatic hydroxyl groups is 1. The summed E-state index contributed by atoms with van der Waals surface area (Å²) in [6, 6.07) is 28.9. The van der Waals surface area contributed by atoms with Crippen LogP contribution in [0.25, 0.3) is 11.1 Å². The molecule has 0 radical (unpaired) electrons. The molecule has 8 heteroatoms. The highest BCUT2D eigenvalue weighted by Crippen LogP contribution is 2.49. The van der Waals surface area contributed by atoms with E-state index in [0.717, 1.165) is 5.56 Å². The summed E-state index contributed by atoms with van der Waals surface area (Å²) in [5.74, 6) is -0.550. The Hall–Kier alpha value is -3.98. The largest absolute Gasteiger partial charge is 0.508 e. The fraction of sp³-hybridized carbons (Fsp3) is 0.167. The number of aliphatic hydroxyl groups excluding tert-OH is 1. The quantitative estimate of drug-likeness (QED) is 0.204. The van der Waals surface area contributed by atoms with E-state index in [9.17, 15) is 28.0 Å². The van der Waals surface area contributed by atoms with Crippen LogP contribution in [0.4, 0.5) is 5.69 Å². The second-order valence-electron chi connectivity index (χ2n) is 9.38.